The van der Waals surface area contributed by atoms with Gasteiger partial charge in [-0.3, -0.25) is 14.4 Å². The van der Waals surface area contributed by atoms with Gasteiger partial charge in [0.25, 0.3) is 0 Å². The Kier molecular flexibility index (Phi) is 8.43. The van der Waals surface area contributed by atoms with Crippen molar-refractivity contribution in [2.24, 2.45) is 17.8 Å². The van der Waals surface area contributed by atoms with Crippen LogP contribution in [0.25, 0.3) is 0 Å². The van der Waals surface area contributed by atoms with Crippen LogP contribution in [0, 0.1) is 17.8 Å². The van der Waals surface area contributed by atoms with Crippen molar-refractivity contribution in [2.75, 3.05) is 19.8 Å². The third kappa shape index (κ3) is 4.71. The first-order valence-electron chi connectivity index (χ1n) is 14.6. The second kappa shape index (κ2) is 11.7. The number of nitrogens with zero attached hydrogens (tertiary/aromatic N) is 2. The van der Waals surface area contributed by atoms with Gasteiger partial charge in [-0.25, -0.2) is 0 Å². The lowest BCUT2D eigenvalue weighted by molar-refractivity contribution is -0.154. The SMILES string of the molecule is C=CCN(C(=O)C1N([C@@H](CO)Cc2ccccc2)C(=O)[C@@H]2[C@H](C(=O)OCC)[C@@H]3CC(C)C12S3)C1CCCCC1. The first-order chi connectivity index (χ1) is 18.9. The lowest BCUT2D eigenvalue weighted by Gasteiger charge is -2.44. The monoisotopic (exact) mass is 554 g/mol. The third-order valence-electron chi connectivity index (χ3n) is 9.52. The lowest BCUT2D eigenvalue weighted by Crippen LogP contribution is -2.61. The van der Waals surface area contributed by atoms with E-state index >= 15 is 0 Å². The molecule has 1 aromatic carbocycles. The summed E-state index contributed by atoms with van der Waals surface area (Å²) < 4.78 is 4.75. The average molecular weight is 555 g/mol. The van der Waals surface area contributed by atoms with E-state index in [1.54, 1.807) is 29.7 Å². The van der Waals surface area contributed by atoms with Gasteiger partial charge in [-0.15, -0.1) is 18.3 Å². The Labute approximate surface area is 236 Å². The summed E-state index contributed by atoms with van der Waals surface area (Å²) in [5, 5.41) is 10.6. The molecule has 8 heteroatoms. The number of fused-ring (bicyclic) bond motifs is 1. The normalized spacial score (nSPS) is 32.6. The average Bonchev–Trinajstić information content (AvgIpc) is 3.55. The molecule has 7 nitrogen and oxygen atoms in total. The molecule has 5 rings (SSSR count). The minimum atomic E-state index is -0.748. The number of aliphatic hydroxyl groups excluding tert-OH is 1. The molecule has 0 aromatic heterocycles. The summed E-state index contributed by atoms with van der Waals surface area (Å²) in [7, 11) is 0. The molecule has 4 aliphatic rings. The van der Waals surface area contributed by atoms with Gasteiger partial charge in [0, 0.05) is 17.8 Å². The van der Waals surface area contributed by atoms with Crippen LogP contribution in [-0.4, -0.2) is 80.6 Å². The fraction of sp³-hybridized carbons (Fsp3) is 0.645. The maximum Gasteiger partial charge on any atom is 0.310 e. The van der Waals surface area contributed by atoms with Crippen LogP contribution in [0.15, 0.2) is 43.0 Å². The predicted octanol–water partition coefficient (Wildman–Crippen LogP) is 3.84. The number of benzene rings is 1. The number of rotatable bonds is 10. The van der Waals surface area contributed by atoms with Crippen LogP contribution in [0.5, 0.6) is 0 Å². The largest absolute Gasteiger partial charge is 0.466 e. The molecule has 39 heavy (non-hydrogen) atoms. The van der Waals surface area contributed by atoms with E-state index < -0.39 is 28.7 Å². The van der Waals surface area contributed by atoms with Crippen molar-refractivity contribution in [1.29, 1.82) is 0 Å². The molecule has 3 saturated heterocycles. The van der Waals surface area contributed by atoms with Crippen LogP contribution in [0.3, 0.4) is 0 Å². The highest BCUT2D eigenvalue weighted by Gasteiger charge is 2.77. The standard InChI is InChI=1S/C31H42N2O5S/c1-4-16-32(22-14-10-7-11-15-22)29(36)27-31-20(3)17-24(39-31)25(30(37)38-5-2)26(31)28(35)33(27)23(19-34)18-21-12-8-6-9-13-21/h4,6,8-9,12-13,20,22-27,34H,1,5,7,10-11,14-19H2,2-3H3/t20?,23-,24+,25-,26+,27?,31?/m1/s1. The summed E-state index contributed by atoms with van der Waals surface area (Å²) in [6.45, 7) is 8.28. The highest BCUT2D eigenvalue weighted by Crippen LogP contribution is 2.69. The van der Waals surface area contributed by atoms with Crippen molar-refractivity contribution in [1.82, 2.24) is 9.80 Å². The molecule has 0 radical (unpaired) electrons. The molecule has 1 N–H and O–H groups in total. The van der Waals surface area contributed by atoms with E-state index in [-0.39, 0.29) is 48.2 Å². The zero-order valence-electron chi connectivity index (χ0n) is 23.2. The molecule has 1 aliphatic carbocycles. The molecular formula is C31H42N2O5S. The van der Waals surface area contributed by atoms with Crippen molar-refractivity contribution in [2.45, 2.75) is 86.9 Å². The van der Waals surface area contributed by atoms with Crippen LogP contribution in [0.1, 0.15) is 57.9 Å². The van der Waals surface area contributed by atoms with Crippen LogP contribution < -0.4 is 0 Å². The van der Waals surface area contributed by atoms with E-state index in [4.69, 9.17) is 4.74 Å². The molecule has 4 fully saturated rings. The molecule has 212 valence electrons. The number of ether oxygens (including phenoxy) is 1. The summed E-state index contributed by atoms with van der Waals surface area (Å²) in [5.74, 6) is -1.73. The number of hydrogen-bond donors (Lipinski definition) is 1. The van der Waals surface area contributed by atoms with Crippen LogP contribution >= 0.6 is 11.8 Å². The third-order valence-corrected chi connectivity index (χ3v) is 11.6. The summed E-state index contributed by atoms with van der Waals surface area (Å²) in [4.78, 5) is 46.2. The van der Waals surface area contributed by atoms with Crippen LogP contribution in [0.2, 0.25) is 0 Å². The second-order valence-corrected chi connectivity index (χ2v) is 13.2. The van der Waals surface area contributed by atoms with Crippen molar-refractivity contribution in [3.63, 3.8) is 0 Å². The first-order valence-corrected chi connectivity index (χ1v) is 15.5. The lowest BCUT2D eigenvalue weighted by atomic mass is 9.66. The first kappa shape index (κ1) is 28.2. The maximum atomic E-state index is 14.8. The molecule has 1 saturated carbocycles. The number of amides is 2. The van der Waals surface area contributed by atoms with Crippen molar-refractivity contribution >= 4 is 29.5 Å². The number of hydrogen-bond acceptors (Lipinski definition) is 6. The van der Waals surface area contributed by atoms with Crippen molar-refractivity contribution in [3.05, 3.63) is 48.6 Å². The molecule has 1 aromatic rings. The molecule has 3 heterocycles. The van der Waals surface area contributed by atoms with Gasteiger partial charge in [-0.2, -0.15) is 0 Å². The Morgan fingerprint density at radius 3 is 2.62 bits per heavy atom. The predicted molar refractivity (Wildman–Crippen MR) is 152 cm³/mol. The molecule has 7 atom stereocenters. The molecule has 2 bridgehead atoms. The number of esters is 1. The number of carbonyl (C=O) groups excluding carboxylic acids is 3. The fourth-order valence-electron chi connectivity index (χ4n) is 7.88. The second-order valence-electron chi connectivity index (χ2n) is 11.6. The van der Waals surface area contributed by atoms with E-state index in [0.29, 0.717) is 13.0 Å². The van der Waals surface area contributed by atoms with E-state index in [1.165, 1.54) is 6.42 Å². The number of aliphatic hydroxyl groups is 1. The summed E-state index contributed by atoms with van der Waals surface area (Å²) in [6, 6.07) is 8.58. The van der Waals surface area contributed by atoms with Gasteiger partial charge in [0.1, 0.15) is 6.04 Å². The van der Waals surface area contributed by atoms with E-state index in [2.05, 4.69) is 13.5 Å². The van der Waals surface area contributed by atoms with Gasteiger partial charge in [0.05, 0.1) is 35.8 Å². The topological polar surface area (TPSA) is 87.2 Å². The summed E-state index contributed by atoms with van der Waals surface area (Å²) >= 11 is 1.66. The number of likely N-dealkylation sites (tertiary alicyclic amines) is 1. The van der Waals surface area contributed by atoms with E-state index in [0.717, 1.165) is 37.7 Å². The Hall–Kier alpha value is -2.32. The fourth-order valence-corrected chi connectivity index (χ4v) is 10.3. The molecule has 2 amide bonds. The number of carbonyl (C=O) groups is 3. The molecule has 3 unspecified atom stereocenters. The van der Waals surface area contributed by atoms with Gasteiger partial charge < -0.3 is 19.6 Å². The molecule has 3 aliphatic heterocycles. The van der Waals surface area contributed by atoms with Gasteiger partial charge in [0.15, 0.2) is 0 Å². The number of thioether (sulfide) groups is 1. The van der Waals surface area contributed by atoms with Gasteiger partial charge in [-0.1, -0.05) is 62.6 Å². The van der Waals surface area contributed by atoms with Crippen molar-refractivity contribution in [3.8, 4) is 0 Å². The summed E-state index contributed by atoms with van der Waals surface area (Å²) in [5.41, 5.74) is 0.993. The van der Waals surface area contributed by atoms with Gasteiger partial charge >= 0.3 is 5.97 Å². The maximum absolute atomic E-state index is 14.8. The Balaban J connectivity index is 1.59. The minimum Gasteiger partial charge on any atom is -0.466 e. The van der Waals surface area contributed by atoms with E-state index in [1.807, 2.05) is 35.2 Å². The Morgan fingerprint density at radius 1 is 1.26 bits per heavy atom. The van der Waals surface area contributed by atoms with E-state index in [9.17, 15) is 19.5 Å². The van der Waals surface area contributed by atoms with Gasteiger partial charge in [-0.05, 0) is 44.1 Å². The minimum absolute atomic E-state index is 0.0466. The zero-order valence-corrected chi connectivity index (χ0v) is 24.0. The molecular weight excluding hydrogens is 512 g/mol. The molecule has 1 spiro atoms. The highest BCUT2D eigenvalue weighted by molar-refractivity contribution is 8.02. The Bertz CT molecular complexity index is 1080. The van der Waals surface area contributed by atoms with Crippen LogP contribution in [0.4, 0.5) is 0 Å². The smallest absolute Gasteiger partial charge is 0.310 e. The van der Waals surface area contributed by atoms with Crippen molar-refractivity contribution < 1.29 is 24.2 Å². The highest BCUT2D eigenvalue weighted by atomic mass is 32.2. The van der Waals surface area contributed by atoms with Crippen LogP contribution in [-0.2, 0) is 25.5 Å². The van der Waals surface area contributed by atoms with Gasteiger partial charge in [0.2, 0.25) is 11.8 Å². The Morgan fingerprint density at radius 2 is 1.97 bits per heavy atom. The zero-order chi connectivity index (χ0) is 27.7. The quantitative estimate of drug-likeness (QED) is 0.349. The summed E-state index contributed by atoms with van der Waals surface area (Å²) in [6.07, 6.45) is 8.21.